The highest BCUT2D eigenvalue weighted by Crippen LogP contribution is 2.21. The molecule has 4 nitrogen and oxygen atoms in total. The predicted molar refractivity (Wildman–Crippen MR) is 105 cm³/mol. The molecule has 1 aliphatic heterocycles. The maximum Gasteiger partial charge on any atom is 0.223 e. The van der Waals surface area contributed by atoms with Crippen LogP contribution in [0.25, 0.3) is 0 Å². The van der Waals surface area contributed by atoms with Gasteiger partial charge in [0.05, 0.1) is 12.1 Å². The molecule has 0 unspecified atom stereocenters. The van der Waals surface area contributed by atoms with Crippen molar-refractivity contribution in [3.8, 4) is 0 Å². The van der Waals surface area contributed by atoms with Crippen LogP contribution in [0.1, 0.15) is 50.5 Å². The molecule has 0 saturated carbocycles. The zero-order valence-electron chi connectivity index (χ0n) is 15.3. The van der Waals surface area contributed by atoms with Crippen molar-refractivity contribution >= 4 is 17.5 Å². The van der Waals surface area contributed by atoms with Crippen molar-refractivity contribution in [1.29, 1.82) is 0 Å². The number of unbranched alkanes of at least 4 members (excludes halogenated alkanes) is 4. The molecule has 144 valence electrons. The first-order chi connectivity index (χ1) is 12.6. The number of amides is 1. The van der Waals surface area contributed by atoms with Crippen LogP contribution in [0.4, 0.5) is 0 Å². The van der Waals surface area contributed by atoms with Crippen LogP contribution in [-0.2, 0) is 11.2 Å². The Morgan fingerprint density at radius 1 is 1.23 bits per heavy atom. The van der Waals surface area contributed by atoms with E-state index in [0.717, 1.165) is 50.6 Å². The summed E-state index contributed by atoms with van der Waals surface area (Å²) in [6.07, 6.45) is 10.2. The van der Waals surface area contributed by atoms with E-state index in [0.29, 0.717) is 17.9 Å². The standard InChI is InChI=1S/C21H30ClNO3/c22-18-8-6-7-17(15-18)16-20(25)11-9-19-10-12-21(26)23(19)13-4-2-1-3-5-14-24/h6-9,11,15,19-20,24-25H,1-5,10,12-14,16H2/b11-9+/t19-,20+/m0/s1. The van der Waals surface area contributed by atoms with E-state index in [1.54, 1.807) is 6.08 Å². The number of hydrogen-bond acceptors (Lipinski definition) is 3. The van der Waals surface area contributed by atoms with Crippen LogP contribution >= 0.6 is 11.6 Å². The van der Waals surface area contributed by atoms with Crippen LogP contribution in [-0.4, -0.2) is 46.3 Å². The quantitative estimate of drug-likeness (QED) is 0.455. The van der Waals surface area contributed by atoms with Gasteiger partial charge in [-0.1, -0.05) is 55.1 Å². The van der Waals surface area contributed by atoms with Crippen LogP contribution in [0.3, 0.4) is 0 Å². The molecule has 0 bridgehead atoms. The number of rotatable bonds is 11. The molecule has 0 radical (unpaired) electrons. The fourth-order valence-corrected chi connectivity index (χ4v) is 3.61. The minimum Gasteiger partial charge on any atom is -0.396 e. The van der Waals surface area contributed by atoms with Crippen LogP contribution in [0.15, 0.2) is 36.4 Å². The van der Waals surface area contributed by atoms with Gasteiger partial charge in [-0.2, -0.15) is 0 Å². The molecular weight excluding hydrogens is 350 g/mol. The lowest BCUT2D eigenvalue weighted by Gasteiger charge is -2.22. The van der Waals surface area contributed by atoms with E-state index in [4.69, 9.17) is 16.7 Å². The number of benzene rings is 1. The smallest absolute Gasteiger partial charge is 0.223 e. The summed E-state index contributed by atoms with van der Waals surface area (Å²) < 4.78 is 0. The number of carbonyl (C=O) groups is 1. The molecule has 2 N–H and O–H groups in total. The number of carbonyl (C=O) groups excluding carboxylic acids is 1. The number of hydrogen-bond donors (Lipinski definition) is 2. The first-order valence-electron chi connectivity index (χ1n) is 9.61. The normalized spacial score (nSPS) is 18.8. The number of halogens is 1. The summed E-state index contributed by atoms with van der Waals surface area (Å²) in [4.78, 5) is 14.0. The molecule has 1 amide bonds. The molecule has 2 rings (SSSR count). The average Bonchev–Trinajstić information content (AvgIpc) is 2.96. The summed E-state index contributed by atoms with van der Waals surface area (Å²) in [6, 6.07) is 7.60. The Kier molecular flexibility index (Phi) is 9.16. The molecule has 1 aromatic carbocycles. The van der Waals surface area contributed by atoms with E-state index in [1.165, 1.54) is 0 Å². The van der Waals surface area contributed by atoms with Crippen LogP contribution in [0, 0.1) is 0 Å². The molecule has 5 heteroatoms. The summed E-state index contributed by atoms with van der Waals surface area (Å²) in [5.41, 5.74) is 0.997. The van der Waals surface area contributed by atoms with E-state index in [9.17, 15) is 9.90 Å². The Labute approximate surface area is 161 Å². The SMILES string of the molecule is O=C1CC[C@H](/C=C/[C@@H](O)Cc2cccc(Cl)c2)N1CCCCCCCO. The highest BCUT2D eigenvalue weighted by atomic mass is 35.5. The maximum absolute atomic E-state index is 12.1. The molecule has 0 spiro atoms. The van der Waals surface area contributed by atoms with Crippen molar-refractivity contribution in [2.75, 3.05) is 13.2 Å². The van der Waals surface area contributed by atoms with Crippen molar-refractivity contribution in [2.45, 2.75) is 63.5 Å². The molecule has 1 fully saturated rings. The minimum atomic E-state index is -0.579. The van der Waals surface area contributed by atoms with Crippen LogP contribution < -0.4 is 0 Å². The van der Waals surface area contributed by atoms with Gasteiger partial charge < -0.3 is 15.1 Å². The highest BCUT2D eigenvalue weighted by molar-refractivity contribution is 6.30. The van der Waals surface area contributed by atoms with Crippen molar-refractivity contribution in [2.24, 2.45) is 0 Å². The van der Waals surface area contributed by atoms with E-state index in [2.05, 4.69) is 0 Å². The summed E-state index contributed by atoms with van der Waals surface area (Å²) in [6.45, 7) is 1.03. The highest BCUT2D eigenvalue weighted by Gasteiger charge is 2.28. The Hall–Kier alpha value is -1.36. The van der Waals surface area contributed by atoms with Crippen molar-refractivity contribution in [1.82, 2.24) is 4.90 Å². The molecule has 1 saturated heterocycles. The number of aliphatic hydroxyl groups excluding tert-OH is 2. The number of nitrogens with zero attached hydrogens (tertiary/aromatic N) is 1. The summed E-state index contributed by atoms with van der Waals surface area (Å²) in [5.74, 6) is 0.208. The van der Waals surface area contributed by atoms with E-state index in [-0.39, 0.29) is 18.6 Å². The second-order valence-corrected chi connectivity index (χ2v) is 7.41. The summed E-state index contributed by atoms with van der Waals surface area (Å²) in [5, 5.41) is 19.7. The second kappa shape index (κ2) is 11.4. The lowest BCUT2D eigenvalue weighted by Crippen LogP contribution is -2.32. The third-order valence-electron chi connectivity index (χ3n) is 4.82. The van der Waals surface area contributed by atoms with E-state index < -0.39 is 6.10 Å². The number of aliphatic hydroxyl groups is 2. The molecule has 0 aromatic heterocycles. The third-order valence-corrected chi connectivity index (χ3v) is 5.06. The Morgan fingerprint density at radius 3 is 2.77 bits per heavy atom. The van der Waals surface area contributed by atoms with Crippen molar-refractivity contribution < 1.29 is 15.0 Å². The summed E-state index contributed by atoms with van der Waals surface area (Å²) >= 11 is 5.98. The second-order valence-electron chi connectivity index (χ2n) is 6.97. The summed E-state index contributed by atoms with van der Waals surface area (Å²) in [7, 11) is 0. The first-order valence-corrected chi connectivity index (χ1v) is 9.99. The molecule has 1 aliphatic rings. The van der Waals surface area contributed by atoms with Gasteiger partial charge in [0.1, 0.15) is 0 Å². The first kappa shape index (κ1) is 20.9. The zero-order chi connectivity index (χ0) is 18.8. The van der Waals surface area contributed by atoms with Gasteiger partial charge in [0.25, 0.3) is 0 Å². The van der Waals surface area contributed by atoms with Crippen LogP contribution in [0.5, 0.6) is 0 Å². The average molecular weight is 380 g/mol. The van der Waals surface area contributed by atoms with Crippen LogP contribution in [0.2, 0.25) is 5.02 Å². The Bertz CT molecular complexity index is 590. The fraction of sp³-hybridized carbons (Fsp3) is 0.571. The molecule has 1 heterocycles. The third kappa shape index (κ3) is 7.10. The zero-order valence-corrected chi connectivity index (χ0v) is 16.1. The minimum absolute atomic E-state index is 0.0916. The fourth-order valence-electron chi connectivity index (χ4n) is 3.40. The van der Waals surface area contributed by atoms with Gasteiger partial charge in [0, 0.05) is 31.0 Å². The predicted octanol–water partition coefficient (Wildman–Crippen LogP) is 3.73. The monoisotopic (exact) mass is 379 g/mol. The molecule has 2 atom stereocenters. The molecule has 1 aromatic rings. The van der Waals surface area contributed by atoms with Gasteiger partial charge in [-0.15, -0.1) is 0 Å². The van der Waals surface area contributed by atoms with Gasteiger partial charge in [-0.3, -0.25) is 4.79 Å². The van der Waals surface area contributed by atoms with Crippen molar-refractivity contribution in [3.05, 3.63) is 47.0 Å². The van der Waals surface area contributed by atoms with Gasteiger partial charge >= 0.3 is 0 Å². The van der Waals surface area contributed by atoms with E-state index in [1.807, 2.05) is 35.2 Å². The lowest BCUT2D eigenvalue weighted by molar-refractivity contribution is -0.128. The topological polar surface area (TPSA) is 60.8 Å². The lowest BCUT2D eigenvalue weighted by atomic mass is 10.1. The molecular formula is C21H30ClNO3. The largest absolute Gasteiger partial charge is 0.396 e. The number of likely N-dealkylation sites (tertiary alicyclic amines) is 1. The van der Waals surface area contributed by atoms with Gasteiger partial charge in [0.15, 0.2) is 0 Å². The van der Waals surface area contributed by atoms with Crippen molar-refractivity contribution in [3.63, 3.8) is 0 Å². The van der Waals surface area contributed by atoms with Gasteiger partial charge in [0.2, 0.25) is 5.91 Å². The molecule has 26 heavy (non-hydrogen) atoms. The van der Waals surface area contributed by atoms with Gasteiger partial charge in [-0.25, -0.2) is 0 Å². The van der Waals surface area contributed by atoms with Gasteiger partial charge in [-0.05, 0) is 37.0 Å². The maximum atomic E-state index is 12.1. The van der Waals surface area contributed by atoms with E-state index >= 15 is 0 Å². The Balaban J connectivity index is 1.78. The molecule has 0 aliphatic carbocycles. The Morgan fingerprint density at radius 2 is 2.00 bits per heavy atom.